The number of aromatic amines is 1. The molecule has 5 aromatic carbocycles. The topological polar surface area (TPSA) is 98.1 Å². The summed E-state index contributed by atoms with van der Waals surface area (Å²) in [6.07, 6.45) is 20.2. The lowest BCUT2D eigenvalue weighted by molar-refractivity contribution is 0.535. The van der Waals surface area contributed by atoms with Gasteiger partial charge in [0.15, 0.2) is 23.3 Å². The Balaban J connectivity index is 1.02. The molecule has 0 saturated carbocycles. The normalized spacial score (nSPS) is 12.0. The zero-order valence-corrected chi connectivity index (χ0v) is 35.8. The van der Waals surface area contributed by atoms with E-state index in [1.807, 2.05) is 36.4 Å². The zero-order valence-electron chi connectivity index (χ0n) is 35.8. The van der Waals surface area contributed by atoms with Crippen LogP contribution in [0.1, 0.15) is 102 Å². The molecule has 5 heterocycles. The number of fused-ring (bicyclic) bond motifs is 20. The van der Waals surface area contributed by atoms with Gasteiger partial charge >= 0.3 is 0 Å². The lowest BCUT2D eigenvalue weighted by Crippen LogP contribution is -1.98. The minimum absolute atomic E-state index is 0.601. The second-order valence-electron chi connectivity index (χ2n) is 17.0. The Morgan fingerprint density at radius 2 is 0.742 bits per heavy atom. The summed E-state index contributed by atoms with van der Waals surface area (Å²) in [5.41, 5.74) is 8.95. The van der Waals surface area contributed by atoms with E-state index in [0.29, 0.717) is 34.6 Å². The van der Waals surface area contributed by atoms with Crippen molar-refractivity contribution >= 4 is 44.1 Å². The molecule has 0 saturated heterocycles. The van der Waals surface area contributed by atoms with E-state index in [9.17, 15) is 0 Å². The van der Waals surface area contributed by atoms with Crippen molar-refractivity contribution in [3.63, 3.8) is 0 Å². The van der Waals surface area contributed by atoms with Crippen LogP contribution in [0.3, 0.4) is 0 Å². The maximum absolute atomic E-state index is 5.45. The van der Waals surface area contributed by atoms with Gasteiger partial charge in [-0.2, -0.15) is 0 Å². The molecule has 310 valence electrons. The third kappa shape index (κ3) is 8.02. The van der Waals surface area contributed by atoms with Gasteiger partial charge in [-0.3, -0.25) is 4.57 Å². The molecule has 8 aromatic rings. The van der Waals surface area contributed by atoms with Crippen molar-refractivity contribution in [2.24, 2.45) is 0 Å². The summed E-state index contributed by atoms with van der Waals surface area (Å²) in [7, 11) is 0. The van der Waals surface area contributed by atoms with Crippen LogP contribution in [0.2, 0.25) is 0 Å². The average Bonchev–Trinajstić information content (AvgIpc) is 4.04. The Bertz CT molecular complexity index is 2870. The highest BCUT2D eigenvalue weighted by molar-refractivity contribution is 6.07. The summed E-state index contributed by atoms with van der Waals surface area (Å²) >= 11 is 0. The van der Waals surface area contributed by atoms with Gasteiger partial charge in [-0.05, 0) is 30.5 Å². The second-order valence-corrected chi connectivity index (χ2v) is 17.0. The van der Waals surface area contributed by atoms with Gasteiger partial charge in [-0.15, -0.1) is 0 Å². The minimum Gasteiger partial charge on any atom is -0.324 e. The van der Waals surface area contributed by atoms with Gasteiger partial charge in [0.05, 0.1) is 0 Å². The van der Waals surface area contributed by atoms with E-state index >= 15 is 0 Å². The first-order valence-corrected chi connectivity index (χ1v) is 23.0. The third-order valence-electron chi connectivity index (χ3n) is 12.6. The summed E-state index contributed by atoms with van der Waals surface area (Å²) in [6, 6.07) is 42.0. The van der Waals surface area contributed by atoms with Crippen molar-refractivity contribution in [1.29, 1.82) is 0 Å². The van der Waals surface area contributed by atoms with Gasteiger partial charge in [0.2, 0.25) is 0 Å². The molecule has 10 rings (SSSR count). The van der Waals surface area contributed by atoms with Crippen molar-refractivity contribution < 1.29 is 0 Å². The summed E-state index contributed by atoms with van der Waals surface area (Å²) < 4.78 is 2.18. The van der Waals surface area contributed by atoms with Crippen molar-refractivity contribution in [3.8, 4) is 51.2 Å². The Labute approximate surface area is 363 Å². The molecule has 0 spiro atoms. The fourth-order valence-electron chi connectivity index (χ4n) is 9.28. The van der Waals surface area contributed by atoms with Crippen LogP contribution in [0.4, 0.5) is 0 Å². The van der Waals surface area contributed by atoms with E-state index in [1.54, 1.807) is 0 Å². The van der Waals surface area contributed by atoms with Crippen LogP contribution in [-0.2, 0) is 6.42 Å². The van der Waals surface area contributed by atoms with Gasteiger partial charge in [0, 0.05) is 49.5 Å². The Morgan fingerprint density at radius 3 is 1.18 bits per heavy atom. The molecule has 8 nitrogen and oxygen atoms in total. The number of hydrogen-bond acceptors (Lipinski definition) is 6. The second kappa shape index (κ2) is 18.2. The van der Waals surface area contributed by atoms with Crippen molar-refractivity contribution in [3.05, 3.63) is 127 Å². The Kier molecular flexibility index (Phi) is 11.6. The molecule has 1 N–H and O–H groups in total. The molecule has 8 heteroatoms. The molecular formula is C54H54N8. The number of hydrogen-bond donors (Lipinski definition) is 1. The van der Waals surface area contributed by atoms with Crippen molar-refractivity contribution in [1.82, 2.24) is 39.5 Å². The van der Waals surface area contributed by atoms with E-state index < -0.39 is 0 Å². The quantitative estimate of drug-likeness (QED) is 0.0976. The van der Waals surface area contributed by atoms with Gasteiger partial charge in [-0.1, -0.05) is 200 Å². The predicted octanol–water partition coefficient (Wildman–Crippen LogP) is 14.4. The minimum atomic E-state index is 0.601. The number of H-pyrrole nitrogens is 1. The number of nitrogens with one attached hydrogen (secondary N) is 1. The molecule has 0 atom stereocenters. The molecule has 0 fully saturated rings. The summed E-state index contributed by atoms with van der Waals surface area (Å²) in [5, 5.41) is 3.87. The average molecular weight is 815 g/mol. The Hall–Kier alpha value is -6.54. The maximum atomic E-state index is 5.45. The largest absolute Gasteiger partial charge is 0.324 e. The lowest BCUT2D eigenvalue weighted by atomic mass is 10.0. The smallest absolute Gasteiger partial charge is 0.164 e. The summed E-state index contributed by atoms with van der Waals surface area (Å²) in [4.78, 5) is 35.1. The van der Waals surface area contributed by atoms with E-state index in [1.165, 1.54) is 95.5 Å². The first kappa shape index (κ1) is 39.6. The van der Waals surface area contributed by atoms with Gasteiger partial charge < -0.3 is 4.98 Å². The molecule has 0 aliphatic carbocycles. The monoisotopic (exact) mass is 814 g/mol. The fourth-order valence-corrected chi connectivity index (χ4v) is 9.28. The lowest BCUT2D eigenvalue weighted by Gasteiger charge is -2.08. The van der Waals surface area contributed by atoms with E-state index in [4.69, 9.17) is 29.9 Å². The predicted molar refractivity (Wildman–Crippen MR) is 255 cm³/mol. The highest BCUT2D eigenvalue weighted by Crippen LogP contribution is 2.38. The summed E-state index contributed by atoms with van der Waals surface area (Å²) in [6.45, 7) is 2.29. The number of nitrogens with zero attached hydrogens (tertiary/aromatic N) is 7. The van der Waals surface area contributed by atoms with Crippen LogP contribution < -0.4 is 0 Å². The van der Waals surface area contributed by atoms with E-state index in [0.717, 1.165) is 67.2 Å². The SMILES string of the molecule is CCCCCCCCCCCCCCCCc1ccc(-n2c3nc4nc(nc5[nH]c(nc6nc(nc2c2ccccc23)-c2ccccc2-6)c2ccccc52)-c2ccccc2-4)cc1. The number of benzene rings is 5. The molecular weight excluding hydrogens is 761 g/mol. The van der Waals surface area contributed by atoms with Crippen LogP contribution in [0.5, 0.6) is 0 Å². The van der Waals surface area contributed by atoms with E-state index in [2.05, 4.69) is 101 Å². The number of rotatable bonds is 16. The maximum Gasteiger partial charge on any atom is 0.164 e. The third-order valence-corrected chi connectivity index (χ3v) is 12.6. The van der Waals surface area contributed by atoms with Crippen molar-refractivity contribution in [2.45, 2.75) is 103 Å². The van der Waals surface area contributed by atoms with Crippen LogP contribution in [0.25, 0.3) is 95.4 Å². The molecule has 0 radical (unpaired) electrons. The number of unbranched alkanes of at least 4 members (excludes halogenated alkanes) is 13. The molecule has 2 aliphatic rings. The summed E-state index contributed by atoms with van der Waals surface area (Å²) in [5.74, 6) is 2.42. The molecule has 62 heavy (non-hydrogen) atoms. The van der Waals surface area contributed by atoms with E-state index in [-0.39, 0.29) is 0 Å². The highest BCUT2D eigenvalue weighted by Gasteiger charge is 2.23. The van der Waals surface area contributed by atoms with Crippen LogP contribution in [-0.4, -0.2) is 39.5 Å². The van der Waals surface area contributed by atoms with Gasteiger partial charge in [0.25, 0.3) is 0 Å². The molecule has 3 aromatic heterocycles. The standard InChI is InChI=1S/C54H54N8/c1-2-3-4-5-6-7-8-9-10-11-12-13-14-15-24-37-33-35-38(36-34-37)62-53-45-31-22-23-32-46(45)54(62)61-52-44-30-21-19-28-42(44)50(59-52)57-48-40-26-17-16-25-39(40)47(55-48)56-49-41-27-18-20-29-43(41)51(58-49)60-53/h16-23,25-36H,2-15,24H2,1H3,(H,55,56,57,58,59,60,61). The van der Waals surface area contributed by atoms with Gasteiger partial charge in [0.1, 0.15) is 22.6 Å². The first-order valence-electron chi connectivity index (χ1n) is 23.0. The molecule has 0 amide bonds. The van der Waals surface area contributed by atoms with Gasteiger partial charge in [-0.25, -0.2) is 29.9 Å². The number of aryl methyl sites for hydroxylation is 1. The Morgan fingerprint density at radius 1 is 0.371 bits per heavy atom. The highest BCUT2D eigenvalue weighted by atomic mass is 15.1. The molecule has 8 bridgehead atoms. The molecule has 2 aliphatic heterocycles. The first-order chi connectivity index (χ1) is 30.7. The van der Waals surface area contributed by atoms with Crippen LogP contribution in [0.15, 0.2) is 121 Å². The van der Waals surface area contributed by atoms with Crippen LogP contribution >= 0.6 is 0 Å². The number of aromatic nitrogens is 8. The molecule has 0 unspecified atom stereocenters. The van der Waals surface area contributed by atoms with Crippen molar-refractivity contribution in [2.75, 3.05) is 0 Å². The van der Waals surface area contributed by atoms with Crippen LogP contribution in [0, 0.1) is 0 Å². The fraction of sp³-hybridized carbons (Fsp3) is 0.296. The zero-order chi connectivity index (χ0) is 41.7.